The Balaban J connectivity index is 2.02. The number of aromatic nitrogens is 4. The Bertz CT molecular complexity index is 476. The summed E-state index contributed by atoms with van der Waals surface area (Å²) < 4.78 is 1.79. The highest BCUT2D eigenvalue weighted by Gasteiger charge is 2.03. The molecule has 0 bridgehead atoms. The van der Waals surface area contributed by atoms with Crippen molar-refractivity contribution in [1.29, 1.82) is 0 Å². The Morgan fingerprint density at radius 2 is 2.06 bits per heavy atom. The third kappa shape index (κ3) is 2.49. The molecule has 0 amide bonds. The zero-order chi connectivity index (χ0) is 11.5. The van der Waals surface area contributed by atoms with Gasteiger partial charge in [-0.05, 0) is 6.92 Å². The second-order valence-corrected chi connectivity index (χ2v) is 3.93. The predicted molar refractivity (Wildman–Crippen MR) is 62.3 cm³/mol. The standard InChI is InChI=1S/C10H12ClN5/c1-7-8(6-16(2)15-7)3-12-10-13-4-9(11)5-14-10/h4-6H,3H2,1-2H3,(H,12,13,14). The normalized spacial score (nSPS) is 10.4. The van der Waals surface area contributed by atoms with Gasteiger partial charge in [-0.2, -0.15) is 5.10 Å². The van der Waals surface area contributed by atoms with Gasteiger partial charge in [0.05, 0.1) is 23.1 Å². The van der Waals surface area contributed by atoms with Crippen LogP contribution in [0.2, 0.25) is 5.02 Å². The first kappa shape index (κ1) is 10.9. The van der Waals surface area contributed by atoms with Crippen molar-refractivity contribution in [3.63, 3.8) is 0 Å². The molecule has 0 unspecified atom stereocenters. The van der Waals surface area contributed by atoms with E-state index in [1.165, 1.54) is 0 Å². The van der Waals surface area contributed by atoms with Crippen molar-refractivity contribution in [2.75, 3.05) is 5.32 Å². The lowest BCUT2D eigenvalue weighted by atomic mass is 10.3. The van der Waals surface area contributed by atoms with Gasteiger partial charge >= 0.3 is 0 Å². The minimum atomic E-state index is 0.531. The van der Waals surface area contributed by atoms with Crippen LogP contribution in [0.4, 0.5) is 5.95 Å². The lowest BCUT2D eigenvalue weighted by Crippen LogP contribution is -2.03. The van der Waals surface area contributed by atoms with Gasteiger partial charge in [-0.25, -0.2) is 9.97 Å². The maximum absolute atomic E-state index is 5.69. The molecule has 0 aliphatic rings. The second-order valence-electron chi connectivity index (χ2n) is 3.49. The Kier molecular flexibility index (Phi) is 3.05. The van der Waals surface area contributed by atoms with Gasteiger partial charge in [0.2, 0.25) is 5.95 Å². The van der Waals surface area contributed by atoms with Crippen LogP contribution in [0.25, 0.3) is 0 Å². The number of nitrogens with zero attached hydrogens (tertiary/aromatic N) is 4. The molecule has 0 spiro atoms. The van der Waals surface area contributed by atoms with Gasteiger partial charge < -0.3 is 5.32 Å². The van der Waals surface area contributed by atoms with Crippen molar-refractivity contribution in [3.05, 3.63) is 34.9 Å². The van der Waals surface area contributed by atoms with Crippen molar-refractivity contribution in [3.8, 4) is 0 Å². The number of nitrogens with one attached hydrogen (secondary N) is 1. The maximum atomic E-state index is 5.69. The van der Waals surface area contributed by atoms with E-state index in [4.69, 9.17) is 11.6 Å². The average molecular weight is 238 g/mol. The fraction of sp³-hybridized carbons (Fsp3) is 0.300. The first-order valence-electron chi connectivity index (χ1n) is 4.85. The highest BCUT2D eigenvalue weighted by molar-refractivity contribution is 6.30. The highest BCUT2D eigenvalue weighted by Crippen LogP contribution is 2.09. The van der Waals surface area contributed by atoms with Gasteiger partial charge in [-0.15, -0.1) is 0 Å². The monoisotopic (exact) mass is 237 g/mol. The molecule has 0 saturated heterocycles. The number of halogens is 1. The van der Waals surface area contributed by atoms with E-state index >= 15 is 0 Å². The molecule has 0 fully saturated rings. The summed E-state index contributed by atoms with van der Waals surface area (Å²) in [4.78, 5) is 8.10. The molecule has 6 heteroatoms. The lowest BCUT2D eigenvalue weighted by Gasteiger charge is -2.02. The van der Waals surface area contributed by atoms with Crippen molar-refractivity contribution in [2.45, 2.75) is 13.5 Å². The third-order valence-electron chi connectivity index (χ3n) is 2.17. The van der Waals surface area contributed by atoms with Crippen LogP contribution >= 0.6 is 11.6 Å². The van der Waals surface area contributed by atoms with Crippen LogP contribution in [-0.2, 0) is 13.6 Å². The van der Waals surface area contributed by atoms with E-state index in [1.807, 2.05) is 20.2 Å². The molecule has 2 aromatic heterocycles. The quantitative estimate of drug-likeness (QED) is 0.884. The van der Waals surface area contributed by atoms with E-state index in [9.17, 15) is 0 Å². The molecule has 2 aromatic rings. The zero-order valence-electron chi connectivity index (χ0n) is 9.11. The smallest absolute Gasteiger partial charge is 0.222 e. The molecule has 84 valence electrons. The topological polar surface area (TPSA) is 55.6 Å². The maximum Gasteiger partial charge on any atom is 0.222 e. The summed E-state index contributed by atoms with van der Waals surface area (Å²) in [6.45, 7) is 2.63. The molecule has 16 heavy (non-hydrogen) atoms. The molecule has 0 radical (unpaired) electrons. The van der Waals surface area contributed by atoms with Crippen LogP contribution in [0.15, 0.2) is 18.6 Å². The molecule has 0 saturated carbocycles. The van der Waals surface area contributed by atoms with E-state index in [2.05, 4.69) is 20.4 Å². The molecule has 2 heterocycles. The fourth-order valence-electron chi connectivity index (χ4n) is 1.40. The molecule has 0 aromatic carbocycles. The molecular weight excluding hydrogens is 226 g/mol. The van der Waals surface area contributed by atoms with Gasteiger partial charge in [0.1, 0.15) is 0 Å². The molecule has 0 aliphatic heterocycles. The van der Waals surface area contributed by atoms with E-state index < -0.39 is 0 Å². The summed E-state index contributed by atoms with van der Waals surface area (Å²) in [5.41, 5.74) is 2.13. The van der Waals surface area contributed by atoms with Crippen LogP contribution in [0.3, 0.4) is 0 Å². The summed E-state index contributed by atoms with van der Waals surface area (Å²) in [7, 11) is 1.90. The molecule has 0 atom stereocenters. The number of hydrogen-bond donors (Lipinski definition) is 1. The third-order valence-corrected chi connectivity index (χ3v) is 2.37. The number of anilines is 1. The lowest BCUT2D eigenvalue weighted by molar-refractivity contribution is 0.756. The van der Waals surface area contributed by atoms with Gasteiger partial charge in [0.25, 0.3) is 0 Å². The van der Waals surface area contributed by atoms with Crippen LogP contribution in [0, 0.1) is 6.92 Å². The number of rotatable bonds is 3. The minimum Gasteiger partial charge on any atom is -0.350 e. The second kappa shape index (κ2) is 4.49. The average Bonchev–Trinajstić information content (AvgIpc) is 2.57. The summed E-state index contributed by atoms with van der Waals surface area (Å²) >= 11 is 5.69. The van der Waals surface area contributed by atoms with Gasteiger partial charge in [0, 0.05) is 25.4 Å². The molecular formula is C10H12ClN5. The Hall–Kier alpha value is -1.62. The largest absolute Gasteiger partial charge is 0.350 e. The molecule has 5 nitrogen and oxygen atoms in total. The Morgan fingerprint density at radius 1 is 1.38 bits per heavy atom. The summed E-state index contributed by atoms with van der Waals surface area (Å²) in [5, 5.41) is 7.89. The van der Waals surface area contributed by atoms with Crippen LogP contribution < -0.4 is 5.32 Å². The Morgan fingerprint density at radius 3 is 2.62 bits per heavy atom. The Labute approximate surface area is 98.5 Å². The van der Waals surface area contributed by atoms with Gasteiger partial charge in [0.15, 0.2) is 0 Å². The number of aryl methyl sites for hydroxylation is 2. The highest BCUT2D eigenvalue weighted by atomic mass is 35.5. The molecule has 1 N–H and O–H groups in total. The van der Waals surface area contributed by atoms with E-state index in [-0.39, 0.29) is 0 Å². The van der Waals surface area contributed by atoms with Crippen molar-refractivity contribution in [1.82, 2.24) is 19.7 Å². The summed E-state index contributed by atoms with van der Waals surface area (Å²) in [6.07, 6.45) is 5.10. The summed E-state index contributed by atoms with van der Waals surface area (Å²) in [5.74, 6) is 0.563. The zero-order valence-corrected chi connectivity index (χ0v) is 9.86. The van der Waals surface area contributed by atoms with E-state index in [0.29, 0.717) is 17.5 Å². The SMILES string of the molecule is Cc1nn(C)cc1CNc1ncc(Cl)cn1. The predicted octanol–water partition coefficient (Wildman–Crippen LogP) is 1.78. The van der Waals surface area contributed by atoms with Crippen molar-refractivity contribution < 1.29 is 0 Å². The van der Waals surface area contributed by atoms with E-state index in [1.54, 1.807) is 17.1 Å². The van der Waals surface area contributed by atoms with Crippen LogP contribution in [-0.4, -0.2) is 19.7 Å². The van der Waals surface area contributed by atoms with E-state index in [0.717, 1.165) is 11.3 Å². The van der Waals surface area contributed by atoms with Crippen molar-refractivity contribution in [2.24, 2.45) is 7.05 Å². The summed E-state index contributed by atoms with van der Waals surface area (Å²) in [6, 6.07) is 0. The van der Waals surface area contributed by atoms with Gasteiger partial charge in [-0.1, -0.05) is 11.6 Å². The fourth-order valence-corrected chi connectivity index (χ4v) is 1.50. The van der Waals surface area contributed by atoms with Crippen LogP contribution in [0.5, 0.6) is 0 Å². The molecule has 0 aliphatic carbocycles. The van der Waals surface area contributed by atoms with Crippen molar-refractivity contribution >= 4 is 17.5 Å². The first-order valence-corrected chi connectivity index (χ1v) is 5.23. The van der Waals surface area contributed by atoms with Gasteiger partial charge in [-0.3, -0.25) is 4.68 Å². The first-order chi connectivity index (χ1) is 7.65. The minimum absolute atomic E-state index is 0.531. The molecule has 2 rings (SSSR count). The number of hydrogen-bond acceptors (Lipinski definition) is 4. The van der Waals surface area contributed by atoms with Crippen LogP contribution in [0.1, 0.15) is 11.3 Å².